The SMILES string of the molecule is Cc1ccc(C2CC(c3c(-c4ccc(Cl)cc4)c4ccccc4[nH]c3=O)=NN2C(=O)CCc2cscn2)cc1. The van der Waals surface area contributed by atoms with Crippen LogP contribution in [-0.4, -0.2) is 26.6 Å². The number of hydrogen-bond donors (Lipinski definition) is 1. The molecule has 1 aliphatic heterocycles. The van der Waals surface area contributed by atoms with E-state index in [0.29, 0.717) is 29.1 Å². The van der Waals surface area contributed by atoms with Gasteiger partial charge in [0.1, 0.15) is 0 Å². The van der Waals surface area contributed by atoms with E-state index in [0.717, 1.165) is 38.9 Å². The first-order valence-electron chi connectivity index (χ1n) is 12.7. The molecule has 1 atom stereocenters. The largest absolute Gasteiger partial charge is 0.321 e. The number of nitrogens with one attached hydrogen (secondary N) is 1. The zero-order valence-electron chi connectivity index (χ0n) is 21.2. The summed E-state index contributed by atoms with van der Waals surface area (Å²) in [6, 6.07) is 23.0. The molecule has 0 spiro atoms. The highest BCUT2D eigenvalue weighted by molar-refractivity contribution is 7.07. The number of halogens is 1. The molecule has 194 valence electrons. The average Bonchev–Trinajstić information content (AvgIpc) is 3.63. The molecule has 1 unspecified atom stereocenters. The summed E-state index contributed by atoms with van der Waals surface area (Å²) < 4.78 is 0. The maximum Gasteiger partial charge on any atom is 0.258 e. The number of para-hydroxylation sites is 1. The predicted molar refractivity (Wildman–Crippen MR) is 157 cm³/mol. The molecule has 39 heavy (non-hydrogen) atoms. The van der Waals surface area contributed by atoms with E-state index in [9.17, 15) is 9.59 Å². The number of rotatable bonds is 6. The molecule has 0 fully saturated rings. The van der Waals surface area contributed by atoms with Crippen molar-refractivity contribution in [2.24, 2.45) is 5.10 Å². The van der Waals surface area contributed by atoms with Crippen LogP contribution in [0.1, 0.15) is 41.3 Å². The number of aromatic nitrogens is 2. The van der Waals surface area contributed by atoms with Gasteiger partial charge in [-0.25, -0.2) is 9.99 Å². The molecule has 1 N–H and O–H groups in total. The van der Waals surface area contributed by atoms with Crippen molar-refractivity contribution in [2.75, 3.05) is 0 Å². The number of aryl methyl sites for hydroxylation is 2. The average molecular weight is 553 g/mol. The molecule has 3 heterocycles. The number of carbonyl (C=O) groups is 1. The standard InChI is InChI=1S/C31H25ClN4O2S/c1-19-6-8-20(9-7-19)27-16-26(35-36(27)28(37)15-14-23-17-39-18-33-23)30-29(21-10-12-22(32)13-11-21)24-4-2-3-5-25(24)34-31(30)38/h2-13,17-18,27H,14-16H2,1H3,(H,34,38). The number of fused-ring (bicyclic) bond motifs is 1. The first kappa shape index (κ1) is 25.2. The maximum absolute atomic E-state index is 13.7. The highest BCUT2D eigenvalue weighted by Gasteiger charge is 2.35. The Balaban J connectivity index is 1.48. The zero-order chi connectivity index (χ0) is 26.9. The lowest BCUT2D eigenvalue weighted by atomic mass is 9.91. The fraction of sp³-hybridized carbons (Fsp3) is 0.161. The van der Waals surface area contributed by atoms with E-state index < -0.39 is 0 Å². The van der Waals surface area contributed by atoms with Gasteiger partial charge in [0.05, 0.1) is 28.5 Å². The van der Waals surface area contributed by atoms with Crippen molar-refractivity contribution < 1.29 is 4.79 Å². The van der Waals surface area contributed by atoms with Gasteiger partial charge in [-0.2, -0.15) is 5.10 Å². The Labute approximate surface area is 234 Å². The van der Waals surface area contributed by atoms with Crippen LogP contribution in [0, 0.1) is 6.92 Å². The van der Waals surface area contributed by atoms with Gasteiger partial charge in [-0.3, -0.25) is 9.59 Å². The number of thiazole rings is 1. The molecular weight excluding hydrogens is 528 g/mol. The van der Waals surface area contributed by atoms with Crippen molar-refractivity contribution in [1.82, 2.24) is 15.0 Å². The smallest absolute Gasteiger partial charge is 0.258 e. The van der Waals surface area contributed by atoms with Crippen LogP contribution in [-0.2, 0) is 11.2 Å². The quantitative estimate of drug-likeness (QED) is 0.248. The van der Waals surface area contributed by atoms with Crippen LogP contribution in [0.25, 0.3) is 22.0 Å². The van der Waals surface area contributed by atoms with E-state index in [2.05, 4.69) is 9.97 Å². The molecule has 0 bridgehead atoms. The summed E-state index contributed by atoms with van der Waals surface area (Å²) in [5, 5.41) is 9.88. The van der Waals surface area contributed by atoms with Crippen molar-refractivity contribution >= 4 is 45.5 Å². The first-order valence-corrected chi connectivity index (χ1v) is 14.0. The number of hydrazone groups is 1. The van der Waals surface area contributed by atoms with Crippen LogP contribution in [0.2, 0.25) is 5.02 Å². The van der Waals surface area contributed by atoms with Gasteiger partial charge in [0, 0.05) is 39.7 Å². The Kier molecular flexibility index (Phi) is 6.85. The Hall–Kier alpha value is -4.07. The number of pyridine rings is 1. The molecule has 0 radical (unpaired) electrons. The number of aromatic amines is 1. The van der Waals surface area contributed by atoms with Crippen molar-refractivity contribution in [3.05, 3.63) is 121 Å². The number of H-pyrrole nitrogens is 1. The molecule has 5 aromatic rings. The molecule has 6 nitrogen and oxygen atoms in total. The Morgan fingerprint density at radius 1 is 1.05 bits per heavy atom. The maximum atomic E-state index is 13.7. The van der Waals surface area contributed by atoms with Gasteiger partial charge in [-0.1, -0.05) is 71.8 Å². The van der Waals surface area contributed by atoms with Crippen LogP contribution >= 0.6 is 22.9 Å². The van der Waals surface area contributed by atoms with Gasteiger partial charge in [-0.05, 0) is 42.7 Å². The highest BCUT2D eigenvalue weighted by atomic mass is 35.5. The predicted octanol–water partition coefficient (Wildman–Crippen LogP) is 6.92. The van der Waals surface area contributed by atoms with Crippen molar-refractivity contribution in [2.45, 2.75) is 32.2 Å². The number of hydrogen-bond acceptors (Lipinski definition) is 5. The van der Waals surface area contributed by atoms with Gasteiger partial charge < -0.3 is 4.98 Å². The third-order valence-corrected chi connectivity index (χ3v) is 7.94. The third kappa shape index (κ3) is 5.03. The normalized spacial score (nSPS) is 15.1. The molecule has 2 aromatic heterocycles. The molecule has 8 heteroatoms. The number of amides is 1. The Bertz CT molecular complexity index is 1740. The molecule has 0 saturated heterocycles. The lowest BCUT2D eigenvalue weighted by Gasteiger charge is -2.22. The number of benzene rings is 3. The fourth-order valence-electron chi connectivity index (χ4n) is 5.08. The summed E-state index contributed by atoms with van der Waals surface area (Å²) in [4.78, 5) is 34.6. The third-order valence-electron chi connectivity index (χ3n) is 7.05. The Morgan fingerprint density at radius 3 is 2.56 bits per heavy atom. The van der Waals surface area contributed by atoms with Gasteiger partial charge in [-0.15, -0.1) is 11.3 Å². The first-order chi connectivity index (χ1) is 19.0. The second-order valence-corrected chi connectivity index (χ2v) is 10.8. The monoisotopic (exact) mass is 552 g/mol. The van der Waals surface area contributed by atoms with E-state index in [-0.39, 0.29) is 23.9 Å². The second kappa shape index (κ2) is 10.6. The molecule has 6 rings (SSSR count). The van der Waals surface area contributed by atoms with Crippen LogP contribution in [0.15, 0.2) is 93.6 Å². The molecule has 1 aliphatic rings. The Morgan fingerprint density at radius 2 is 1.82 bits per heavy atom. The molecule has 3 aromatic carbocycles. The number of carbonyl (C=O) groups excluding carboxylic acids is 1. The lowest BCUT2D eigenvalue weighted by Crippen LogP contribution is -2.27. The zero-order valence-corrected chi connectivity index (χ0v) is 22.8. The van der Waals surface area contributed by atoms with Crippen LogP contribution in [0.3, 0.4) is 0 Å². The van der Waals surface area contributed by atoms with Crippen molar-refractivity contribution in [1.29, 1.82) is 0 Å². The molecule has 0 aliphatic carbocycles. The molecular formula is C31H25ClN4O2S. The number of nitrogens with zero attached hydrogens (tertiary/aromatic N) is 3. The molecule has 1 amide bonds. The summed E-state index contributed by atoms with van der Waals surface area (Å²) in [5.74, 6) is -0.103. The van der Waals surface area contributed by atoms with Gasteiger partial charge in [0.2, 0.25) is 5.91 Å². The summed E-state index contributed by atoms with van der Waals surface area (Å²) in [5.41, 5.74) is 7.97. The van der Waals surface area contributed by atoms with E-state index >= 15 is 0 Å². The topological polar surface area (TPSA) is 78.4 Å². The van der Waals surface area contributed by atoms with Gasteiger partial charge in [0.25, 0.3) is 5.56 Å². The van der Waals surface area contributed by atoms with Crippen LogP contribution in [0.4, 0.5) is 0 Å². The van der Waals surface area contributed by atoms with Gasteiger partial charge >= 0.3 is 0 Å². The summed E-state index contributed by atoms with van der Waals surface area (Å²) >= 11 is 7.71. The minimum Gasteiger partial charge on any atom is -0.321 e. The van der Waals surface area contributed by atoms with E-state index in [1.54, 1.807) is 10.5 Å². The van der Waals surface area contributed by atoms with E-state index in [1.165, 1.54) is 11.3 Å². The summed E-state index contributed by atoms with van der Waals surface area (Å²) in [6.45, 7) is 2.03. The summed E-state index contributed by atoms with van der Waals surface area (Å²) in [6.07, 6.45) is 1.24. The van der Waals surface area contributed by atoms with Crippen LogP contribution in [0.5, 0.6) is 0 Å². The van der Waals surface area contributed by atoms with Gasteiger partial charge in [0.15, 0.2) is 0 Å². The van der Waals surface area contributed by atoms with E-state index in [1.807, 2.05) is 85.1 Å². The van der Waals surface area contributed by atoms with E-state index in [4.69, 9.17) is 16.7 Å². The highest BCUT2D eigenvalue weighted by Crippen LogP contribution is 2.37. The second-order valence-electron chi connectivity index (χ2n) is 9.65. The van der Waals surface area contributed by atoms with Crippen molar-refractivity contribution in [3.63, 3.8) is 0 Å². The fourth-order valence-corrected chi connectivity index (χ4v) is 5.80. The van der Waals surface area contributed by atoms with Crippen molar-refractivity contribution in [3.8, 4) is 11.1 Å². The lowest BCUT2D eigenvalue weighted by molar-refractivity contribution is -0.133. The summed E-state index contributed by atoms with van der Waals surface area (Å²) in [7, 11) is 0. The minimum absolute atomic E-state index is 0.103. The van der Waals surface area contributed by atoms with Crippen LogP contribution < -0.4 is 5.56 Å². The minimum atomic E-state index is -0.313. The molecule has 0 saturated carbocycles.